The van der Waals surface area contributed by atoms with E-state index in [4.69, 9.17) is 27.8 Å². The highest BCUT2D eigenvalue weighted by Crippen LogP contribution is 2.34. The van der Waals surface area contributed by atoms with Gasteiger partial charge in [-0.2, -0.15) is 4.21 Å². The van der Waals surface area contributed by atoms with E-state index in [1.807, 2.05) is 0 Å². The molecule has 104 valence electrons. The van der Waals surface area contributed by atoms with Crippen LogP contribution in [-0.2, 0) is 21.0 Å². The zero-order valence-corrected chi connectivity index (χ0v) is 11.9. The third-order valence-corrected chi connectivity index (χ3v) is 2.80. The van der Waals surface area contributed by atoms with E-state index in [9.17, 15) is 13.8 Å². The predicted octanol–water partition coefficient (Wildman–Crippen LogP) is 2.43. The van der Waals surface area contributed by atoms with Gasteiger partial charge in [0.1, 0.15) is 5.78 Å². The van der Waals surface area contributed by atoms with Gasteiger partial charge >= 0.3 is 11.4 Å². The average molecular weight is 326 g/mol. The summed E-state index contributed by atoms with van der Waals surface area (Å²) in [4.78, 5) is 22.2. The molecule has 9 heteroatoms. The van der Waals surface area contributed by atoms with Crippen LogP contribution >= 0.6 is 23.2 Å². The van der Waals surface area contributed by atoms with Gasteiger partial charge in [-0.1, -0.05) is 23.2 Å². The summed E-state index contributed by atoms with van der Waals surface area (Å²) in [5.74, 6) is -0.933. The van der Waals surface area contributed by atoms with E-state index in [1.54, 1.807) is 0 Å². The van der Waals surface area contributed by atoms with Crippen molar-refractivity contribution >= 4 is 51.9 Å². The molecule has 1 aromatic rings. The maximum absolute atomic E-state index is 11.4. The molecule has 0 aliphatic carbocycles. The zero-order chi connectivity index (χ0) is 14.6. The fourth-order valence-corrected chi connectivity index (χ4v) is 1.93. The highest BCUT2D eigenvalue weighted by Gasteiger charge is 2.13. The van der Waals surface area contributed by atoms with Crippen LogP contribution in [0.25, 0.3) is 0 Å². The van der Waals surface area contributed by atoms with Gasteiger partial charge in [-0.25, -0.2) is 0 Å². The fraction of sp³-hybridized carbons (Fsp3) is 0.200. The molecule has 1 atom stereocenters. The lowest BCUT2D eigenvalue weighted by Gasteiger charge is -2.09. The molecule has 0 saturated heterocycles. The van der Waals surface area contributed by atoms with Gasteiger partial charge in [-0.3, -0.25) is 14.1 Å². The van der Waals surface area contributed by atoms with Crippen LogP contribution in [-0.4, -0.2) is 20.5 Å². The molecule has 0 bridgehead atoms. The lowest BCUT2D eigenvalue weighted by molar-refractivity contribution is -0.124. The molecule has 0 radical (unpaired) electrons. The Kier molecular flexibility index (Phi) is 5.74. The smallest absolute Gasteiger partial charge is 0.357 e. The summed E-state index contributed by atoms with van der Waals surface area (Å²) >= 11 is 9.10. The number of ketones is 1. The molecule has 19 heavy (non-hydrogen) atoms. The van der Waals surface area contributed by atoms with Gasteiger partial charge in [0, 0.05) is 6.07 Å². The minimum Gasteiger partial charge on any atom is -0.378 e. The second kappa shape index (κ2) is 6.85. The Balaban J connectivity index is 2.92. The Morgan fingerprint density at radius 2 is 2.00 bits per heavy atom. The number of carbonyl (C=O) groups is 2. The molecule has 2 N–H and O–H groups in total. The van der Waals surface area contributed by atoms with Crippen molar-refractivity contribution < 1.29 is 22.5 Å². The van der Waals surface area contributed by atoms with Crippen molar-refractivity contribution in [1.82, 2.24) is 0 Å². The summed E-state index contributed by atoms with van der Waals surface area (Å²) in [7, 11) is 0. The number of hydrogen-bond acceptors (Lipinski definition) is 4. The molecule has 0 saturated carbocycles. The topological polar surface area (TPSA) is 92.7 Å². The molecule has 0 fully saturated rings. The summed E-state index contributed by atoms with van der Waals surface area (Å²) in [5.41, 5.74) is 0.175. The fourth-order valence-electron chi connectivity index (χ4n) is 1.19. The van der Waals surface area contributed by atoms with Crippen LogP contribution < -0.4 is 9.50 Å². The van der Waals surface area contributed by atoms with E-state index in [-0.39, 0.29) is 33.7 Å². The second-order valence-corrected chi connectivity index (χ2v) is 4.91. The SMILES string of the molecule is CC(=O)CC(=O)Nc1cc(Cl)c(OS(=O)O)cc1Cl. The second-order valence-electron chi connectivity index (χ2n) is 3.49. The number of carbonyl (C=O) groups excluding carboxylic acids is 2. The number of anilines is 1. The van der Waals surface area contributed by atoms with Gasteiger partial charge in [0.15, 0.2) is 5.75 Å². The van der Waals surface area contributed by atoms with E-state index in [2.05, 4.69) is 9.50 Å². The van der Waals surface area contributed by atoms with E-state index < -0.39 is 17.3 Å². The van der Waals surface area contributed by atoms with Crippen LogP contribution in [0.15, 0.2) is 12.1 Å². The highest BCUT2D eigenvalue weighted by molar-refractivity contribution is 7.74. The van der Waals surface area contributed by atoms with E-state index in [1.165, 1.54) is 19.1 Å². The molecule has 1 unspecified atom stereocenters. The van der Waals surface area contributed by atoms with Crippen molar-refractivity contribution in [2.45, 2.75) is 13.3 Å². The van der Waals surface area contributed by atoms with Crippen molar-refractivity contribution in [2.75, 3.05) is 5.32 Å². The van der Waals surface area contributed by atoms with Crippen molar-refractivity contribution in [2.24, 2.45) is 0 Å². The number of halogens is 2. The first-order valence-corrected chi connectivity index (χ1v) is 6.66. The first-order chi connectivity index (χ1) is 8.79. The Bertz CT molecular complexity index is 549. The van der Waals surface area contributed by atoms with Crippen molar-refractivity contribution in [3.05, 3.63) is 22.2 Å². The van der Waals surface area contributed by atoms with Gasteiger partial charge < -0.3 is 9.50 Å². The Labute approximate surface area is 121 Å². The minimum absolute atomic E-state index is 0.00933. The maximum atomic E-state index is 11.4. The largest absolute Gasteiger partial charge is 0.378 e. The number of hydrogen-bond donors (Lipinski definition) is 2. The van der Waals surface area contributed by atoms with Gasteiger partial charge in [0.2, 0.25) is 5.91 Å². The standard InChI is InChI=1S/C10H9Cl2NO5S/c1-5(14)2-10(15)13-8-3-7(12)9(4-6(8)11)18-19(16)17/h3-4H,2H2,1H3,(H,13,15)(H,16,17). The molecular formula is C10H9Cl2NO5S. The number of nitrogens with one attached hydrogen (secondary N) is 1. The van der Waals surface area contributed by atoms with Gasteiger partial charge in [0.25, 0.3) is 0 Å². The molecule has 0 aliphatic heterocycles. The van der Waals surface area contributed by atoms with Gasteiger partial charge in [-0.15, -0.1) is 0 Å². The minimum atomic E-state index is -2.54. The summed E-state index contributed by atoms with van der Waals surface area (Å²) in [6.45, 7) is 1.28. The van der Waals surface area contributed by atoms with Crippen LogP contribution in [0.1, 0.15) is 13.3 Å². The first-order valence-electron chi connectivity index (χ1n) is 4.87. The summed E-state index contributed by atoms with van der Waals surface area (Å²) < 4.78 is 23.6. The summed E-state index contributed by atoms with van der Waals surface area (Å²) in [5, 5.41) is 2.44. The summed E-state index contributed by atoms with van der Waals surface area (Å²) in [6.07, 6.45) is -0.285. The number of amides is 1. The third kappa shape index (κ3) is 5.15. The molecule has 0 spiro atoms. The predicted molar refractivity (Wildman–Crippen MR) is 71.8 cm³/mol. The van der Waals surface area contributed by atoms with E-state index in [0.29, 0.717) is 0 Å². The highest BCUT2D eigenvalue weighted by atomic mass is 35.5. The zero-order valence-electron chi connectivity index (χ0n) is 9.61. The Hall–Kier alpha value is -1.15. The Morgan fingerprint density at radius 1 is 1.37 bits per heavy atom. The average Bonchev–Trinajstić information content (AvgIpc) is 2.23. The maximum Gasteiger partial charge on any atom is 0.357 e. The molecule has 1 rings (SSSR count). The molecule has 6 nitrogen and oxygen atoms in total. The molecule has 0 aromatic heterocycles. The van der Waals surface area contributed by atoms with Crippen LogP contribution in [0, 0.1) is 0 Å². The van der Waals surface area contributed by atoms with Crippen molar-refractivity contribution in [3.63, 3.8) is 0 Å². The van der Waals surface area contributed by atoms with Crippen LogP contribution in [0.3, 0.4) is 0 Å². The van der Waals surface area contributed by atoms with E-state index >= 15 is 0 Å². The van der Waals surface area contributed by atoms with Crippen LogP contribution in [0.5, 0.6) is 5.75 Å². The van der Waals surface area contributed by atoms with Crippen LogP contribution in [0.4, 0.5) is 5.69 Å². The quantitative estimate of drug-likeness (QED) is 0.640. The molecule has 0 aliphatic rings. The lowest BCUT2D eigenvalue weighted by Crippen LogP contribution is -2.15. The number of rotatable bonds is 5. The van der Waals surface area contributed by atoms with Crippen LogP contribution in [0.2, 0.25) is 10.0 Å². The van der Waals surface area contributed by atoms with Crippen molar-refractivity contribution in [1.29, 1.82) is 0 Å². The molecule has 1 amide bonds. The number of benzene rings is 1. The normalized spacial score (nSPS) is 11.8. The third-order valence-electron chi connectivity index (χ3n) is 1.87. The van der Waals surface area contributed by atoms with Gasteiger partial charge in [-0.05, 0) is 13.0 Å². The molecular weight excluding hydrogens is 317 g/mol. The number of Topliss-reactive ketones (excluding diaryl/α,β-unsaturated/α-hetero) is 1. The summed E-state index contributed by atoms with van der Waals surface area (Å²) in [6, 6.07) is 2.44. The van der Waals surface area contributed by atoms with Crippen molar-refractivity contribution in [3.8, 4) is 5.75 Å². The first kappa shape index (κ1) is 15.9. The lowest BCUT2D eigenvalue weighted by atomic mass is 10.2. The Morgan fingerprint density at radius 3 is 2.53 bits per heavy atom. The monoisotopic (exact) mass is 325 g/mol. The van der Waals surface area contributed by atoms with Gasteiger partial charge in [0.05, 0.1) is 22.2 Å². The van der Waals surface area contributed by atoms with E-state index in [0.717, 1.165) is 0 Å². The molecule has 1 aromatic carbocycles. The molecule has 0 heterocycles.